The fourth-order valence-corrected chi connectivity index (χ4v) is 2.04. The Bertz CT molecular complexity index is 717. The van der Waals surface area contributed by atoms with Gasteiger partial charge in [0.1, 0.15) is 5.75 Å². The number of halogens is 1. The van der Waals surface area contributed by atoms with Gasteiger partial charge in [0.25, 0.3) is 0 Å². The van der Waals surface area contributed by atoms with Crippen LogP contribution >= 0.6 is 11.6 Å². The number of nitrogen functional groups attached to an aromatic ring is 1. The van der Waals surface area contributed by atoms with Crippen LogP contribution < -0.4 is 21.1 Å². The maximum Gasteiger partial charge on any atom is 0.314 e. The van der Waals surface area contributed by atoms with Crippen LogP contribution in [0.1, 0.15) is 6.92 Å². The van der Waals surface area contributed by atoms with E-state index in [0.29, 0.717) is 29.4 Å². The summed E-state index contributed by atoms with van der Waals surface area (Å²) in [6.45, 7) is 2.43. The summed E-state index contributed by atoms with van der Waals surface area (Å²) in [5.41, 5.74) is 6.83. The summed E-state index contributed by atoms with van der Waals surface area (Å²) in [7, 11) is 0. The van der Waals surface area contributed by atoms with Gasteiger partial charge in [-0.15, -0.1) is 0 Å². The molecule has 0 bridgehead atoms. The van der Waals surface area contributed by atoms with E-state index in [-0.39, 0.29) is 5.02 Å². The molecule has 0 aliphatic heterocycles. The fraction of sp³-hybridized carbons (Fsp3) is 0.125. The second-order valence-electron chi connectivity index (χ2n) is 4.60. The lowest BCUT2D eigenvalue weighted by atomic mass is 10.2. The third-order valence-corrected chi connectivity index (χ3v) is 3.18. The minimum atomic E-state index is -0.828. The van der Waals surface area contributed by atoms with Crippen molar-refractivity contribution in [3.05, 3.63) is 47.5 Å². The first-order valence-corrected chi connectivity index (χ1v) is 7.27. The Balaban J connectivity index is 1.98. The molecule has 7 heteroatoms. The van der Waals surface area contributed by atoms with E-state index in [4.69, 9.17) is 22.1 Å². The van der Waals surface area contributed by atoms with Crippen molar-refractivity contribution in [2.45, 2.75) is 6.92 Å². The number of hydrogen-bond donors (Lipinski definition) is 3. The van der Waals surface area contributed by atoms with Gasteiger partial charge in [-0.25, -0.2) is 0 Å². The standard InChI is InChI=1S/C16H16ClN3O3/c1-2-23-12-6-4-11(5-7-12)19-15(21)16(22)20-14-8-3-10(18)9-13(14)17/h3-9H,2,18H2,1H3,(H,19,21)(H,20,22). The number of anilines is 3. The molecule has 2 amide bonds. The Labute approximate surface area is 138 Å². The predicted octanol–water partition coefficient (Wildman–Crippen LogP) is 2.90. The van der Waals surface area contributed by atoms with Crippen LogP contribution in [0.4, 0.5) is 17.1 Å². The summed E-state index contributed by atoms with van der Waals surface area (Å²) in [6, 6.07) is 11.3. The minimum absolute atomic E-state index is 0.257. The molecule has 0 saturated carbocycles. The lowest BCUT2D eigenvalue weighted by molar-refractivity contribution is -0.132. The maximum atomic E-state index is 11.9. The van der Waals surface area contributed by atoms with Crippen LogP contribution in [-0.4, -0.2) is 18.4 Å². The third kappa shape index (κ3) is 4.62. The SMILES string of the molecule is CCOc1ccc(NC(=O)C(=O)Nc2ccc(N)cc2Cl)cc1. The second kappa shape index (κ2) is 7.51. The highest BCUT2D eigenvalue weighted by atomic mass is 35.5. The topological polar surface area (TPSA) is 93.4 Å². The number of hydrogen-bond acceptors (Lipinski definition) is 4. The summed E-state index contributed by atoms with van der Waals surface area (Å²) in [5, 5.41) is 5.17. The summed E-state index contributed by atoms with van der Waals surface area (Å²) < 4.78 is 5.30. The van der Waals surface area contributed by atoms with Gasteiger partial charge in [0.15, 0.2) is 0 Å². The van der Waals surface area contributed by atoms with Crippen LogP contribution in [0.5, 0.6) is 5.75 Å². The smallest absolute Gasteiger partial charge is 0.314 e. The molecule has 6 nitrogen and oxygen atoms in total. The van der Waals surface area contributed by atoms with Crippen molar-refractivity contribution in [2.75, 3.05) is 23.0 Å². The average molecular weight is 334 g/mol. The Hall–Kier alpha value is -2.73. The van der Waals surface area contributed by atoms with E-state index < -0.39 is 11.8 Å². The molecule has 0 fully saturated rings. The van der Waals surface area contributed by atoms with Gasteiger partial charge in [-0.1, -0.05) is 11.6 Å². The zero-order valence-corrected chi connectivity index (χ0v) is 13.2. The molecule has 0 heterocycles. The van der Waals surface area contributed by atoms with E-state index in [1.807, 2.05) is 6.92 Å². The first-order valence-electron chi connectivity index (χ1n) is 6.90. The van der Waals surface area contributed by atoms with Gasteiger partial charge in [0.05, 0.1) is 17.3 Å². The van der Waals surface area contributed by atoms with E-state index in [2.05, 4.69) is 10.6 Å². The van der Waals surface area contributed by atoms with Crippen molar-refractivity contribution in [1.29, 1.82) is 0 Å². The normalized spacial score (nSPS) is 10.0. The molecule has 2 aromatic carbocycles. The molecule has 0 spiro atoms. The molecule has 0 atom stereocenters. The lowest BCUT2D eigenvalue weighted by Crippen LogP contribution is -2.29. The molecule has 0 aliphatic rings. The molecule has 0 unspecified atom stereocenters. The largest absolute Gasteiger partial charge is 0.494 e. The first-order chi connectivity index (χ1) is 11.0. The molecule has 4 N–H and O–H groups in total. The van der Waals surface area contributed by atoms with Gasteiger partial charge in [0, 0.05) is 11.4 Å². The molecule has 0 saturated heterocycles. The third-order valence-electron chi connectivity index (χ3n) is 2.87. The van der Waals surface area contributed by atoms with E-state index in [9.17, 15) is 9.59 Å². The summed E-state index contributed by atoms with van der Waals surface area (Å²) in [4.78, 5) is 23.8. The highest BCUT2D eigenvalue weighted by Gasteiger charge is 2.15. The number of nitrogens with one attached hydrogen (secondary N) is 2. The highest BCUT2D eigenvalue weighted by molar-refractivity contribution is 6.44. The van der Waals surface area contributed by atoms with Crippen molar-refractivity contribution in [2.24, 2.45) is 0 Å². The molecular weight excluding hydrogens is 318 g/mol. The number of ether oxygens (including phenoxy) is 1. The predicted molar refractivity (Wildman–Crippen MR) is 90.7 cm³/mol. The number of nitrogens with two attached hydrogens (primary N) is 1. The summed E-state index contributed by atoms with van der Waals surface area (Å²) in [6.07, 6.45) is 0. The van der Waals surface area contributed by atoms with Crippen molar-refractivity contribution in [3.8, 4) is 5.75 Å². The molecule has 23 heavy (non-hydrogen) atoms. The van der Waals surface area contributed by atoms with E-state index in [1.165, 1.54) is 12.1 Å². The van der Waals surface area contributed by atoms with Crippen LogP contribution in [0.15, 0.2) is 42.5 Å². The van der Waals surface area contributed by atoms with Crippen molar-refractivity contribution < 1.29 is 14.3 Å². The second-order valence-corrected chi connectivity index (χ2v) is 5.01. The van der Waals surface area contributed by atoms with Gasteiger partial charge >= 0.3 is 11.8 Å². The molecule has 0 radical (unpaired) electrons. The van der Waals surface area contributed by atoms with Crippen LogP contribution in [-0.2, 0) is 9.59 Å². The van der Waals surface area contributed by atoms with Crippen molar-refractivity contribution >= 4 is 40.5 Å². The molecule has 0 aliphatic carbocycles. The van der Waals surface area contributed by atoms with Crippen molar-refractivity contribution in [1.82, 2.24) is 0 Å². The summed E-state index contributed by atoms with van der Waals surface area (Å²) >= 11 is 5.95. The minimum Gasteiger partial charge on any atom is -0.494 e. The molecule has 2 rings (SSSR count). The van der Waals surface area contributed by atoms with Crippen molar-refractivity contribution in [3.63, 3.8) is 0 Å². The van der Waals surface area contributed by atoms with Gasteiger partial charge in [0.2, 0.25) is 0 Å². The van der Waals surface area contributed by atoms with Gasteiger partial charge < -0.3 is 21.1 Å². The van der Waals surface area contributed by atoms with Gasteiger partial charge in [-0.3, -0.25) is 9.59 Å². The van der Waals surface area contributed by atoms with E-state index in [0.717, 1.165) is 0 Å². The average Bonchev–Trinajstić information content (AvgIpc) is 2.52. The Kier molecular flexibility index (Phi) is 5.43. The molecular formula is C16H16ClN3O3. The zero-order valence-electron chi connectivity index (χ0n) is 12.4. The molecule has 0 aromatic heterocycles. The number of carbonyl (C=O) groups excluding carboxylic acids is 2. The maximum absolute atomic E-state index is 11.9. The van der Waals surface area contributed by atoms with Gasteiger partial charge in [-0.05, 0) is 49.4 Å². The van der Waals surface area contributed by atoms with E-state index >= 15 is 0 Å². The number of carbonyl (C=O) groups is 2. The number of rotatable bonds is 4. The monoisotopic (exact) mass is 333 g/mol. The Morgan fingerprint density at radius 3 is 2.35 bits per heavy atom. The lowest BCUT2D eigenvalue weighted by Gasteiger charge is -2.09. The molecule has 120 valence electrons. The van der Waals surface area contributed by atoms with Crippen LogP contribution in [0.25, 0.3) is 0 Å². The fourth-order valence-electron chi connectivity index (χ4n) is 1.80. The summed E-state index contributed by atoms with van der Waals surface area (Å²) in [5.74, 6) is -0.948. The number of amides is 2. The first kappa shape index (κ1) is 16.6. The molecule has 2 aromatic rings. The van der Waals surface area contributed by atoms with Crippen LogP contribution in [0.3, 0.4) is 0 Å². The van der Waals surface area contributed by atoms with E-state index in [1.54, 1.807) is 30.3 Å². The van der Waals surface area contributed by atoms with Crippen LogP contribution in [0.2, 0.25) is 5.02 Å². The highest BCUT2D eigenvalue weighted by Crippen LogP contribution is 2.24. The number of benzene rings is 2. The quantitative estimate of drug-likeness (QED) is 0.592. The zero-order chi connectivity index (χ0) is 16.8. The Morgan fingerprint density at radius 1 is 1.09 bits per heavy atom. The van der Waals surface area contributed by atoms with Gasteiger partial charge in [-0.2, -0.15) is 0 Å². The Morgan fingerprint density at radius 2 is 1.74 bits per heavy atom. The van der Waals surface area contributed by atoms with Crippen LogP contribution in [0, 0.1) is 0 Å².